The van der Waals surface area contributed by atoms with Gasteiger partial charge in [0, 0.05) is 13.1 Å². The van der Waals surface area contributed by atoms with Crippen LogP contribution >= 0.6 is 23.2 Å². The van der Waals surface area contributed by atoms with Crippen LogP contribution in [0.5, 0.6) is 0 Å². The summed E-state index contributed by atoms with van der Waals surface area (Å²) in [5, 5.41) is 5.66. The van der Waals surface area contributed by atoms with Crippen molar-refractivity contribution in [3.05, 3.63) is 58.2 Å². The summed E-state index contributed by atoms with van der Waals surface area (Å²) in [6.07, 6.45) is 0.119. The van der Waals surface area contributed by atoms with Crippen LogP contribution in [0.3, 0.4) is 0 Å². The topological polar surface area (TPSA) is 97.4 Å². The number of rotatable bonds is 7. The van der Waals surface area contributed by atoms with Crippen LogP contribution in [0.25, 0.3) is 0 Å². The first-order valence-corrected chi connectivity index (χ1v) is 9.15. The number of pyridine rings is 1. The lowest BCUT2D eigenvalue weighted by molar-refractivity contribution is -0.153. The lowest BCUT2D eigenvalue weighted by Crippen LogP contribution is -2.33. The molecule has 1 aromatic heterocycles. The van der Waals surface area contributed by atoms with Crippen molar-refractivity contribution < 1.29 is 19.1 Å². The molecule has 0 aliphatic heterocycles. The number of ether oxygens (including phenoxy) is 1. The van der Waals surface area contributed by atoms with Gasteiger partial charge >= 0.3 is 5.97 Å². The second kappa shape index (κ2) is 10.1. The molecule has 9 heteroatoms. The van der Waals surface area contributed by atoms with Gasteiger partial charge in [0.1, 0.15) is 0 Å². The molecule has 0 aliphatic rings. The van der Waals surface area contributed by atoms with Crippen LogP contribution in [0.1, 0.15) is 31.9 Å². The van der Waals surface area contributed by atoms with Crippen LogP contribution in [-0.4, -0.2) is 28.9 Å². The van der Waals surface area contributed by atoms with Gasteiger partial charge in [-0.15, -0.1) is 0 Å². The maximum atomic E-state index is 12.3. The zero-order valence-electron chi connectivity index (χ0n) is 15.2. The molecule has 2 amide bonds. The molecule has 7 nitrogen and oxygen atoms in total. The maximum Gasteiger partial charge on any atom is 0.309 e. The van der Waals surface area contributed by atoms with Gasteiger partial charge in [0.05, 0.1) is 22.5 Å². The number of nitrogens with one attached hydrogen (secondary N) is 2. The normalized spacial score (nSPS) is 12.6. The molecular formula is C19H19Cl2N3O4. The highest BCUT2D eigenvalue weighted by Crippen LogP contribution is 2.23. The second-order valence-corrected chi connectivity index (χ2v) is 6.82. The van der Waals surface area contributed by atoms with Crippen molar-refractivity contribution in [3.63, 3.8) is 0 Å². The second-order valence-electron chi connectivity index (χ2n) is 5.97. The molecule has 0 aliphatic carbocycles. The third-order valence-electron chi connectivity index (χ3n) is 3.68. The van der Waals surface area contributed by atoms with E-state index in [-0.39, 0.29) is 23.2 Å². The average molecular weight is 424 g/mol. The van der Waals surface area contributed by atoms with Gasteiger partial charge in [0.15, 0.2) is 11.9 Å². The summed E-state index contributed by atoms with van der Waals surface area (Å²) in [6.45, 7) is 2.78. The Morgan fingerprint density at radius 1 is 1.18 bits per heavy atom. The summed E-state index contributed by atoms with van der Waals surface area (Å²) < 4.78 is 5.18. The Hall–Kier alpha value is -2.64. The largest absolute Gasteiger partial charge is 0.452 e. The number of amides is 2. The summed E-state index contributed by atoms with van der Waals surface area (Å²) in [5.41, 5.74) is 0.754. The molecule has 0 fully saturated rings. The fraction of sp³-hybridized carbons (Fsp3) is 0.263. The fourth-order valence-corrected chi connectivity index (χ4v) is 2.80. The minimum atomic E-state index is -1.09. The Labute approximate surface area is 172 Å². The lowest BCUT2D eigenvalue weighted by atomic mass is 10.0. The number of hydrogen-bond donors (Lipinski definition) is 2. The number of nitrogens with zero attached hydrogens (tertiary/aromatic N) is 1. The zero-order chi connectivity index (χ0) is 20.7. The van der Waals surface area contributed by atoms with Gasteiger partial charge < -0.3 is 15.4 Å². The number of aromatic nitrogens is 1. The predicted molar refractivity (Wildman–Crippen MR) is 106 cm³/mol. The Morgan fingerprint density at radius 2 is 1.86 bits per heavy atom. The summed E-state index contributed by atoms with van der Waals surface area (Å²) in [4.78, 5) is 39.9. The fourth-order valence-electron chi connectivity index (χ4n) is 2.37. The first-order valence-electron chi connectivity index (χ1n) is 8.39. The number of halogens is 2. The third-order valence-corrected chi connectivity index (χ3v) is 4.17. The van der Waals surface area contributed by atoms with Gasteiger partial charge in [-0.3, -0.25) is 14.4 Å². The van der Waals surface area contributed by atoms with Crippen LogP contribution in [-0.2, 0) is 19.1 Å². The number of carbonyl (C=O) groups is 3. The maximum absolute atomic E-state index is 12.3. The molecule has 1 aromatic carbocycles. The number of anilines is 1. The molecule has 2 N–H and O–H groups in total. The molecule has 28 heavy (non-hydrogen) atoms. The number of hydrogen-bond acceptors (Lipinski definition) is 5. The van der Waals surface area contributed by atoms with Crippen LogP contribution in [0.15, 0.2) is 42.6 Å². The monoisotopic (exact) mass is 423 g/mol. The summed E-state index contributed by atoms with van der Waals surface area (Å²) >= 11 is 11.7. The van der Waals surface area contributed by atoms with Gasteiger partial charge in [0.25, 0.3) is 5.91 Å². The molecule has 2 aromatic rings. The van der Waals surface area contributed by atoms with E-state index in [2.05, 4.69) is 15.6 Å². The molecule has 0 saturated carbocycles. The lowest BCUT2D eigenvalue weighted by Gasteiger charge is -2.19. The highest BCUT2D eigenvalue weighted by molar-refractivity contribution is 6.36. The number of benzene rings is 1. The smallest absolute Gasteiger partial charge is 0.309 e. The van der Waals surface area contributed by atoms with Gasteiger partial charge in [-0.05, 0) is 18.6 Å². The Bertz CT molecular complexity index is 862. The van der Waals surface area contributed by atoms with Crippen molar-refractivity contribution in [3.8, 4) is 0 Å². The van der Waals surface area contributed by atoms with Gasteiger partial charge in [-0.1, -0.05) is 53.5 Å². The molecular weight excluding hydrogens is 405 g/mol. The van der Waals surface area contributed by atoms with E-state index in [9.17, 15) is 14.4 Å². The Kier molecular flexibility index (Phi) is 7.78. The molecule has 0 spiro atoms. The summed E-state index contributed by atoms with van der Waals surface area (Å²) in [5.74, 6) is -1.41. The zero-order valence-corrected chi connectivity index (χ0v) is 16.8. The van der Waals surface area contributed by atoms with Crippen LogP contribution in [0.4, 0.5) is 5.82 Å². The highest BCUT2D eigenvalue weighted by atomic mass is 35.5. The number of carbonyl (C=O) groups excluding carboxylic acids is 3. The van der Waals surface area contributed by atoms with E-state index in [0.29, 0.717) is 5.02 Å². The van der Waals surface area contributed by atoms with Crippen molar-refractivity contribution in [1.29, 1.82) is 0 Å². The summed E-state index contributed by atoms with van der Waals surface area (Å²) in [7, 11) is 0. The SMILES string of the molecule is CC(=O)N[C@@H](CC(=O)O[C@@H](C)C(=O)Nc1ncc(Cl)cc1Cl)c1ccccc1. The molecule has 0 saturated heterocycles. The Morgan fingerprint density at radius 3 is 2.46 bits per heavy atom. The van der Waals surface area contributed by atoms with E-state index in [0.717, 1.165) is 5.56 Å². The molecule has 148 valence electrons. The van der Waals surface area contributed by atoms with E-state index >= 15 is 0 Å². The van der Waals surface area contributed by atoms with Crippen LogP contribution < -0.4 is 10.6 Å². The first-order chi connectivity index (χ1) is 13.3. The predicted octanol–water partition coefficient (Wildman–Crippen LogP) is 3.53. The summed E-state index contributed by atoms with van der Waals surface area (Å²) in [6, 6.07) is 9.88. The first kappa shape index (κ1) is 21.7. The van der Waals surface area contributed by atoms with Gasteiger partial charge in [-0.25, -0.2) is 4.98 Å². The van der Waals surface area contributed by atoms with Crippen LogP contribution in [0, 0.1) is 0 Å². The van der Waals surface area contributed by atoms with Gasteiger partial charge in [-0.2, -0.15) is 0 Å². The highest BCUT2D eigenvalue weighted by Gasteiger charge is 2.23. The minimum absolute atomic E-state index is 0.111. The third kappa shape index (κ3) is 6.51. The Balaban J connectivity index is 1.97. The van der Waals surface area contributed by atoms with E-state index < -0.39 is 24.0 Å². The average Bonchev–Trinajstić information content (AvgIpc) is 2.63. The minimum Gasteiger partial charge on any atom is -0.452 e. The number of esters is 1. The van der Waals surface area contributed by atoms with Crippen molar-refractivity contribution in [2.24, 2.45) is 0 Å². The van der Waals surface area contributed by atoms with Crippen LogP contribution in [0.2, 0.25) is 10.0 Å². The molecule has 2 rings (SSSR count). The quantitative estimate of drug-likeness (QED) is 0.663. The standard InChI is InChI=1S/C19H19Cl2N3O4/c1-11(19(27)24-18-15(21)8-14(20)10-22-18)28-17(26)9-16(23-12(2)25)13-6-4-3-5-7-13/h3-8,10-11,16H,9H2,1-2H3,(H,23,25)(H,22,24,27)/t11-,16-/m0/s1. The van der Waals surface area contributed by atoms with E-state index in [1.54, 1.807) is 24.3 Å². The van der Waals surface area contributed by atoms with E-state index in [1.807, 2.05) is 6.07 Å². The molecule has 0 radical (unpaired) electrons. The van der Waals surface area contributed by atoms with E-state index in [4.69, 9.17) is 27.9 Å². The molecule has 0 bridgehead atoms. The van der Waals surface area contributed by atoms with Crippen molar-refractivity contribution in [2.45, 2.75) is 32.4 Å². The molecule has 2 atom stereocenters. The van der Waals surface area contributed by atoms with E-state index in [1.165, 1.54) is 26.1 Å². The van der Waals surface area contributed by atoms with Crippen molar-refractivity contribution >= 4 is 46.8 Å². The van der Waals surface area contributed by atoms with Crippen molar-refractivity contribution in [1.82, 2.24) is 10.3 Å². The van der Waals surface area contributed by atoms with Crippen molar-refractivity contribution in [2.75, 3.05) is 5.32 Å². The molecule has 1 heterocycles. The van der Waals surface area contributed by atoms with Gasteiger partial charge in [0.2, 0.25) is 5.91 Å². The molecule has 0 unspecified atom stereocenters.